The van der Waals surface area contributed by atoms with Crippen molar-refractivity contribution in [3.8, 4) is 0 Å². The first-order chi connectivity index (χ1) is 10.6. The molecule has 0 bridgehead atoms. The molecule has 135 valence electrons. The Kier molecular flexibility index (Phi) is 13.1. The molecular formula is C20H32MnN2-6. The van der Waals surface area contributed by atoms with Gasteiger partial charge in [0, 0.05) is 17.1 Å². The van der Waals surface area contributed by atoms with Gasteiger partial charge in [-0.1, -0.05) is 12.8 Å². The second-order valence-electron chi connectivity index (χ2n) is 6.40. The Morgan fingerprint density at radius 1 is 0.783 bits per heavy atom. The molecule has 2 aromatic carbocycles. The zero-order chi connectivity index (χ0) is 16.2. The first-order valence-electron chi connectivity index (χ1n) is 8.28. The smallest absolute Gasteiger partial charge is 0 e. The van der Waals surface area contributed by atoms with Crippen molar-refractivity contribution < 1.29 is 17.1 Å². The van der Waals surface area contributed by atoms with Crippen LogP contribution in [0, 0.1) is 0 Å². The Bertz CT molecular complexity index is 400. The van der Waals surface area contributed by atoms with Gasteiger partial charge in [0.25, 0.3) is 0 Å². The Morgan fingerprint density at radius 2 is 1.26 bits per heavy atom. The Balaban J connectivity index is 0.000000403. The van der Waals surface area contributed by atoms with E-state index < -0.39 is 0 Å². The van der Waals surface area contributed by atoms with E-state index in [-0.39, 0.29) is 17.1 Å². The first kappa shape index (κ1) is 22.1. The van der Waals surface area contributed by atoms with Gasteiger partial charge in [-0.05, 0) is 47.7 Å². The average molecular weight is 355 g/mol. The van der Waals surface area contributed by atoms with Crippen LogP contribution in [0.25, 0.3) is 0 Å². The summed E-state index contributed by atoms with van der Waals surface area (Å²) in [5.41, 5.74) is 2.93. The number of nitrogens with zero attached hydrogens (tertiary/aromatic N) is 2. The molecule has 2 rings (SSSR count). The van der Waals surface area contributed by atoms with Crippen LogP contribution in [0.4, 0.5) is 0 Å². The summed E-state index contributed by atoms with van der Waals surface area (Å²) < 4.78 is 0. The molecule has 0 saturated carbocycles. The van der Waals surface area contributed by atoms with Crippen molar-refractivity contribution in [2.24, 2.45) is 0 Å². The Hall–Kier alpha value is -0.861. The summed E-state index contributed by atoms with van der Waals surface area (Å²) in [6.07, 6.45) is 4.95. The van der Waals surface area contributed by atoms with Crippen LogP contribution in [-0.2, 0) is 29.9 Å². The SMILES string of the molecule is CN(C)CCC[c-]1[cH-][cH-][cH-][cH-]1.CN(C)CCC[c-]1cccc1.[Mn]. The molecule has 0 aliphatic carbocycles. The van der Waals surface area contributed by atoms with Crippen LogP contribution >= 0.6 is 0 Å². The predicted molar refractivity (Wildman–Crippen MR) is 97.8 cm³/mol. The molecule has 0 atom stereocenters. The van der Waals surface area contributed by atoms with Gasteiger partial charge in [0.15, 0.2) is 0 Å². The number of hydrogen-bond donors (Lipinski definition) is 0. The normalized spacial score (nSPS) is 10.3. The van der Waals surface area contributed by atoms with E-state index in [2.05, 4.69) is 86.5 Å². The van der Waals surface area contributed by atoms with Crippen molar-refractivity contribution in [2.75, 3.05) is 41.3 Å². The van der Waals surface area contributed by atoms with Crippen LogP contribution < -0.4 is 0 Å². The van der Waals surface area contributed by atoms with Crippen molar-refractivity contribution in [3.63, 3.8) is 0 Å². The maximum absolute atomic E-state index is 2.23. The third-order valence-electron chi connectivity index (χ3n) is 3.60. The van der Waals surface area contributed by atoms with Crippen LogP contribution in [0.2, 0.25) is 0 Å². The van der Waals surface area contributed by atoms with Gasteiger partial charge < -0.3 is 39.6 Å². The fourth-order valence-electron chi connectivity index (χ4n) is 2.36. The van der Waals surface area contributed by atoms with Gasteiger partial charge in [0.1, 0.15) is 0 Å². The van der Waals surface area contributed by atoms with Gasteiger partial charge in [-0.2, -0.15) is 17.7 Å². The molecule has 2 aromatic rings. The number of aryl methyl sites for hydroxylation is 2. The third-order valence-corrected chi connectivity index (χ3v) is 3.60. The van der Waals surface area contributed by atoms with Gasteiger partial charge in [0.2, 0.25) is 0 Å². The molecule has 0 fully saturated rings. The minimum Gasteiger partial charge on any atom is -0.748 e. The fraction of sp³-hybridized carbons (Fsp3) is 0.500. The van der Waals surface area contributed by atoms with Crippen LogP contribution in [0.1, 0.15) is 24.0 Å². The van der Waals surface area contributed by atoms with E-state index in [0.717, 1.165) is 0 Å². The quantitative estimate of drug-likeness (QED) is 0.525. The molecule has 0 heterocycles. The van der Waals surface area contributed by atoms with E-state index in [1.54, 1.807) is 0 Å². The molecule has 0 saturated heterocycles. The fourth-order valence-corrected chi connectivity index (χ4v) is 2.36. The topological polar surface area (TPSA) is 6.48 Å². The molecule has 3 heteroatoms. The van der Waals surface area contributed by atoms with Crippen LogP contribution in [0.5, 0.6) is 0 Å². The second-order valence-corrected chi connectivity index (χ2v) is 6.40. The average Bonchev–Trinajstić information content (AvgIpc) is 3.11. The molecule has 0 unspecified atom stereocenters. The van der Waals surface area contributed by atoms with Crippen molar-refractivity contribution in [3.05, 3.63) is 59.7 Å². The zero-order valence-electron chi connectivity index (χ0n) is 15.1. The third kappa shape index (κ3) is 12.3. The molecule has 0 aliphatic heterocycles. The van der Waals surface area contributed by atoms with Gasteiger partial charge in [-0.25, -0.2) is 18.6 Å². The summed E-state index contributed by atoms with van der Waals surface area (Å²) in [5, 5.41) is 0. The number of hydrogen-bond acceptors (Lipinski definition) is 2. The largest absolute Gasteiger partial charge is 0.748 e. The molecular weight excluding hydrogens is 323 g/mol. The molecule has 0 aliphatic rings. The van der Waals surface area contributed by atoms with Crippen LogP contribution in [0.15, 0.2) is 48.5 Å². The molecule has 0 amide bonds. The summed E-state index contributed by atoms with van der Waals surface area (Å²) in [6, 6.07) is 17.2. The summed E-state index contributed by atoms with van der Waals surface area (Å²) in [5.74, 6) is 0. The second kappa shape index (κ2) is 13.6. The molecule has 2 nitrogen and oxygen atoms in total. The van der Waals surface area contributed by atoms with Gasteiger partial charge in [-0.15, -0.1) is 0 Å². The van der Waals surface area contributed by atoms with Crippen molar-refractivity contribution in [1.29, 1.82) is 0 Å². The Labute approximate surface area is 153 Å². The summed E-state index contributed by atoms with van der Waals surface area (Å²) in [4.78, 5) is 4.45. The van der Waals surface area contributed by atoms with Crippen molar-refractivity contribution >= 4 is 0 Å². The Morgan fingerprint density at radius 3 is 1.74 bits per heavy atom. The van der Waals surface area contributed by atoms with Crippen LogP contribution in [-0.4, -0.2) is 51.1 Å². The van der Waals surface area contributed by atoms with E-state index in [1.807, 2.05) is 0 Å². The predicted octanol–water partition coefficient (Wildman–Crippen LogP) is 3.80. The summed E-state index contributed by atoms with van der Waals surface area (Å²) in [6.45, 7) is 2.37. The van der Waals surface area contributed by atoms with E-state index >= 15 is 0 Å². The van der Waals surface area contributed by atoms with E-state index in [1.165, 1.54) is 49.9 Å². The maximum atomic E-state index is 2.23. The molecule has 1 radical (unpaired) electrons. The van der Waals surface area contributed by atoms with E-state index in [0.29, 0.717) is 0 Å². The molecule has 23 heavy (non-hydrogen) atoms. The van der Waals surface area contributed by atoms with Crippen molar-refractivity contribution in [1.82, 2.24) is 9.80 Å². The monoisotopic (exact) mass is 355 g/mol. The van der Waals surface area contributed by atoms with Crippen molar-refractivity contribution in [2.45, 2.75) is 25.7 Å². The van der Waals surface area contributed by atoms with Gasteiger partial charge in [0.05, 0.1) is 0 Å². The first-order valence-corrected chi connectivity index (χ1v) is 8.28. The van der Waals surface area contributed by atoms with Crippen LogP contribution in [0.3, 0.4) is 0 Å². The maximum Gasteiger partial charge on any atom is 0 e. The molecule has 0 N–H and O–H groups in total. The molecule has 0 spiro atoms. The summed E-state index contributed by atoms with van der Waals surface area (Å²) in [7, 11) is 8.46. The minimum atomic E-state index is 0. The number of rotatable bonds is 8. The van der Waals surface area contributed by atoms with E-state index in [4.69, 9.17) is 0 Å². The molecule has 0 aromatic heterocycles. The van der Waals surface area contributed by atoms with E-state index in [9.17, 15) is 0 Å². The van der Waals surface area contributed by atoms with Gasteiger partial charge in [-0.3, -0.25) is 0 Å². The standard InChI is InChI=1S/2C10H16N.Mn/c2*1-11(2)9-5-8-10-6-3-4-7-10;/h2*3-4,6-7H,5,8-9H2,1-2H3;/q-5;-1;. The minimum absolute atomic E-state index is 0. The van der Waals surface area contributed by atoms with Gasteiger partial charge >= 0.3 is 0 Å². The summed E-state index contributed by atoms with van der Waals surface area (Å²) >= 11 is 0. The zero-order valence-corrected chi connectivity index (χ0v) is 16.3.